The second-order valence-corrected chi connectivity index (χ2v) is 4.60. The fraction of sp³-hybridized carbons (Fsp3) is 0.462. The average molecular weight is 259 g/mol. The number of tetrazole rings is 1. The van der Waals surface area contributed by atoms with E-state index in [1.165, 1.54) is 6.42 Å². The molecule has 6 nitrogen and oxygen atoms in total. The maximum absolute atomic E-state index is 5.59. The summed E-state index contributed by atoms with van der Waals surface area (Å²) in [7, 11) is 0. The number of benzene rings is 1. The standard InChI is InChI=1S/C13H17N5O/c1-2-5-11(6-3-1)18-13(15-16-17-18)14-9-8-12-7-4-10-19-12/h1-3,5-6,12H,4,7-10H2,(H,14,15,17)/t12-/m0/s1. The Labute approximate surface area is 111 Å². The van der Waals surface area contributed by atoms with E-state index < -0.39 is 0 Å². The van der Waals surface area contributed by atoms with Crippen molar-refractivity contribution < 1.29 is 4.74 Å². The summed E-state index contributed by atoms with van der Waals surface area (Å²) < 4.78 is 7.29. The molecule has 1 aliphatic heterocycles. The molecule has 3 rings (SSSR count). The molecule has 1 saturated heterocycles. The molecule has 0 spiro atoms. The summed E-state index contributed by atoms with van der Waals surface area (Å²) in [5.41, 5.74) is 0.951. The van der Waals surface area contributed by atoms with Gasteiger partial charge in [-0.1, -0.05) is 23.3 Å². The normalized spacial score (nSPS) is 18.6. The second-order valence-electron chi connectivity index (χ2n) is 4.60. The van der Waals surface area contributed by atoms with Crippen LogP contribution in [-0.4, -0.2) is 39.5 Å². The molecule has 1 fully saturated rings. The number of para-hydroxylation sites is 1. The van der Waals surface area contributed by atoms with Gasteiger partial charge in [-0.05, 0) is 41.8 Å². The SMILES string of the molecule is c1ccc(-n2nnnc2NCC[C@@H]2CCCO2)cc1. The summed E-state index contributed by atoms with van der Waals surface area (Å²) in [6, 6.07) is 9.85. The molecule has 1 aromatic carbocycles. The van der Waals surface area contributed by atoms with Gasteiger partial charge in [-0.15, -0.1) is 0 Å². The molecule has 0 saturated carbocycles. The molecule has 1 N–H and O–H groups in total. The van der Waals surface area contributed by atoms with Gasteiger partial charge in [0.15, 0.2) is 0 Å². The highest BCUT2D eigenvalue weighted by Gasteiger charge is 2.15. The van der Waals surface area contributed by atoms with Crippen molar-refractivity contribution >= 4 is 5.95 Å². The van der Waals surface area contributed by atoms with Gasteiger partial charge in [0.1, 0.15) is 0 Å². The van der Waals surface area contributed by atoms with E-state index in [2.05, 4.69) is 20.8 Å². The van der Waals surface area contributed by atoms with Gasteiger partial charge in [-0.3, -0.25) is 0 Å². The zero-order chi connectivity index (χ0) is 12.9. The van der Waals surface area contributed by atoms with E-state index in [4.69, 9.17) is 4.74 Å². The van der Waals surface area contributed by atoms with Gasteiger partial charge < -0.3 is 10.1 Å². The predicted molar refractivity (Wildman–Crippen MR) is 71.2 cm³/mol. The Morgan fingerprint density at radius 1 is 1.32 bits per heavy atom. The predicted octanol–water partition coefficient (Wildman–Crippen LogP) is 1.64. The molecule has 1 aromatic heterocycles. The topological polar surface area (TPSA) is 64.9 Å². The van der Waals surface area contributed by atoms with E-state index >= 15 is 0 Å². The average Bonchev–Trinajstić information content (AvgIpc) is 3.11. The van der Waals surface area contributed by atoms with Crippen LogP contribution in [0.25, 0.3) is 5.69 Å². The molecule has 0 aliphatic carbocycles. The van der Waals surface area contributed by atoms with E-state index in [0.717, 1.165) is 31.7 Å². The number of anilines is 1. The van der Waals surface area contributed by atoms with Gasteiger partial charge in [-0.25, -0.2) is 0 Å². The maximum atomic E-state index is 5.59. The molecule has 0 bridgehead atoms. The third-order valence-electron chi connectivity index (χ3n) is 3.24. The zero-order valence-electron chi connectivity index (χ0n) is 10.7. The fourth-order valence-electron chi connectivity index (χ4n) is 2.26. The number of hydrogen-bond acceptors (Lipinski definition) is 5. The molecule has 2 aromatic rings. The van der Waals surface area contributed by atoms with Crippen molar-refractivity contribution in [3.05, 3.63) is 30.3 Å². The number of rotatable bonds is 5. The third kappa shape index (κ3) is 2.90. The van der Waals surface area contributed by atoms with Crippen molar-refractivity contribution in [1.29, 1.82) is 0 Å². The minimum absolute atomic E-state index is 0.383. The van der Waals surface area contributed by atoms with Crippen molar-refractivity contribution in [3.63, 3.8) is 0 Å². The second kappa shape index (κ2) is 5.79. The molecule has 19 heavy (non-hydrogen) atoms. The van der Waals surface area contributed by atoms with Crippen LogP contribution in [0.4, 0.5) is 5.95 Å². The molecule has 1 aliphatic rings. The van der Waals surface area contributed by atoms with Gasteiger partial charge >= 0.3 is 0 Å². The zero-order valence-corrected chi connectivity index (χ0v) is 10.7. The van der Waals surface area contributed by atoms with E-state index in [-0.39, 0.29) is 0 Å². The van der Waals surface area contributed by atoms with Crippen LogP contribution in [0.3, 0.4) is 0 Å². The van der Waals surface area contributed by atoms with E-state index in [1.54, 1.807) is 4.68 Å². The first-order valence-corrected chi connectivity index (χ1v) is 6.63. The molecule has 0 unspecified atom stereocenters. The summed E-state index contributed by atoms with van der Waals surface area (Å²) in [6.45, 7) is 1.71. The highest BCUT2D eigenvalue weighted by Crippen LogP contribution is 2.16. The maximum Gasteiger partial charge on any atom is 0.247 e. The molecule has 0 radical (unpaired) electrons. The van der Waals surface area contributed by atoms with Crippen LogP contribution in [0.1, 0.15) is 19.3 Å². The molecule has 6 heteroatoms. The summed E-state index contributed by atoms with van der Waals surface area (Å²) in [5, 5.41) is 15.0. The van der Waals surface area contributed by atoms with Crippen LogP contribution in [0, 0.1) is 0 Å². The van der Waals surface area contributed by atoms with Crippen LogP contribution in [0.5, 0.6) is 0 Å². The lowest BCUT2D eigenvalue weighted by molar-refractivity contribution is 0.107. The number of nitrogens with zero attached hydrogens (tertiary/aromatic N) is 4. The molecule has 1 atom stereocenters. The van der Waals surface area contributed by atoms with E-state index in [9.17, 15) is 0 Å². The Balaban J connectivity index is 1.61. The van der Waals surface area contributed by atoms with Crippen molar-refractivity contribution in [2.75, 3.05) is 18.5 Å². The van der Waals surface area contributed by atoms with Gasteiger partial charge in [0.2, 0.25) is 5.95 Å². The summed E-state index contributed by atoms with van der Waals surface area (Å²) in [6.07, 6.45) is 3.70. The van der Waals surface area contributed by atoms with Crippen molar-refractivity contribution in [2.24, 2.45) is 0 Å². The first kappa shape index (κ1) is 12.1. The lowest BCUT2D eigenvalue weighted by Gasteiger charge is -2.10. The van der Waals surface area contributed by atoms with Crippen molar-refractivity contribution in [1.82, 2.24) is 20.2 Å². The Bertz CT molecular complexity index is 507. The van der Waals surface area contributed by atoms with Gasteiger partial charge in [0.25, 0.3) is 0 Å². The van der Waals surface area contributed by atoms with Crippen LogP contribution < -0.4 is 5.32 Å². The molecule has 0 amide bonds. The first-order valence-electron chi connectivity index (χ1n) is 6.63. The Morgan fingerprint density at radius 3 is 3.00 bits per heavy atom. The van der Waals surface area contributed by atoms with E-state index in [1.807, 2.05) is 30.3 Å². The van der Waals surface area contributed by atoms with Crippen LogP contribution in [0.2, 0.25) is 0 Å². The largest absolute Gasteiger partial charge is 0.378 e. The summed E-state index contributed by atoms with van der Waals surface area (Å²) in [5.74, 6) is 0.671. The highest BCUT2D eigenvalue weighted by molar-refractivity contribution is 5.38. The number of hydrogen-bond donors (Lipinski definition) is 1. The first-order chi connectivity index (χ1) is 9.43. The Hall–Kier alpha value is -1.95. The van der Waals surface area contributed by atoms with Crippen LogP contribution in [0.15, 0.2) is 30.3 Å². The number of aromatic nitrogens is 4. The lowest BCUT2D eigenvalue weighted by atomic mass is 10.2. The van der Waals surface area contributed by atoms with Crippen molar-refractivity contribution in [3.8, 4) is 5.69 Å². The Kier molecular flexibility index (Phi) is 3.69. The van der Waals surface area contributed by atoms with E-state index in [0.29, 0.717) is 12.1 Å². The third-order valence-corrected chi connectivity index (χ3v) is 3.24. The molecule has 2 heterocycles. The lowest BCUT2D eigenvalue weighted by Crippen LogP contribution is -2.15. The van der Waals surface area contributed by atoms with Crippen molar-refractivity contribution in [2.45, 2.75) is 25.4 Å². The monoisotopic (exact) mass is 259 g/mol. The molecular formula is C13H17N5O. The van der Waals surface area contributed by atoms with Crippen LogP contribution >= 0.6 is 0 Å². The minimum Gasteiger partial charge on any atom is -0.378 e. The molecule has 100 valence electrons. The van der Waals surface area contributed by atoms with Gasteiger partial charge in [0.05, 0.1) is 11.8 Å². The molecular weight excluding hydrogens is 242 g/mol. The summed E-state index contributed by atoms with van der Waals surface area (Å²) in [4.78, 5) is 0. The number of nitrogens with one attached hydrogen (secondary N) is 1. The van der Waals surface area contributed by atoms with Crippen LogP contribution in [-0.2, 0) is 4.74 Å². The quantitative estimate of drug-likeness (QED) is 0.884. The summed E-state index contributed by atoms with van der Waals surface area (Å²) >= 11 is 0. The fourth-order valence-corrected chi connectivity index (χ4v) is 2.26. The van der Waals surface area contributed by atoms with Gasteiger partial charge in [-0.2, -0.15) is 4.68 Å². The number of ether oxygens (including phenoxy) is 1. The minimum atomic E-state index is 0.383. The smallest absolute Gasteiger partial charge is 0.247 e. The Morgan fingerprint density at radius 2 is 2.21 bits per heavy atom. The van der Waals surface area contributed by atoms with Gasteiger partial charge in [0, 0.05) is 13.2 Å². The highest BCUT2D eigenvalue weighted by atomic mass is 16.5.